The molecule has 1 N–H and O–H groups in total. The van der Waals surface area contributed by atoms with Gasteiger partial charge in [0.1, 0.15) is 17.6 Å². The molecule has 0 saturated carbocycles. The molecule has 1 aliphatic rings. The third kappa shape index (κ3) is 6.64. The number of anilines is 1. The molecule has 0 aliphatic carbocycles. The van der Waals surface area contributed by atoms with Crippen molar-refractivity contribution >= 4 is 17.8 Å². The molecule has 0 spiro atoms. The summed E-state index contributed by atoms with van der Waals surface area (Å²) in [7, 11) is 0. The maximum atomic E-state index is 13.5. The Kier molecular flexibility index (Phi) is 8.43. The SMILES string of the molecule is CCCCC(=O)N(c1cc(-c2ccc(C)nc2)nn1C(=O)OC(C)(C)C)C1CCCOC(C)N1. The summed E-state index contributed by atoms with van der Waals surface area (Å²) in [5.74, 6) is 0.296. The van der Waals surface area contributed by atoms with Gasteiger partial charge in [-0.05, 0) is 66.0 Å². The van der Waals surface area contributed by atoms with Crippen LogP contribution in [0.25, 0.3) is 11.3 Å². The van der Waals surface area contributed by atoms with Crippen LogP contribution >= 0.6 is 0 Å². The van der Waals surface area contributed by atoms with E-state index in [9.17, 15) is 9.59 Å². The lowest BCUT2D eigenvalue weighted by Gasteiger charge is -2.32. The number of rotatable bonds is 6. The molecule has 34 heavy (non-hydrogen) atoms. The Morgan fingerprint density at radius 1 is 1.32 bits per heavy atom. The van der Waals surface area contributed by atoms with Gasteiger partial charge in [-0.15, -0.1) is 4.68 Å². The highest BCUT2D eigenvalue weighted by Gasteiger charge is 2.33. The normalized spacial score (nSPS) is 18.9. The summed E-state index contributed by atoms with van der Waals surface area (Å²) < 4.78 is 12.6. The summed E-state index contributed by atoms with van der Waals surface area (Å²) in [6.07, 6.45) is 3.98. The molecule has 2 aromatic rings. The molecule has 186 valence electrons. The zero-order valence-electron chi connectivity index (χ0n) is 21.1. The van der Waals surface area contributed by atoms with Crippen molar-refractivity contribution in [3.8, 4) is 11.3 Å². The van der Waals surface area contributed by atoms with Crippen LogP contribution in [-0.2, 0) is 14.3 Å². The van der Waals surface area contributed by atoms with Gasteiger partial charge in [0, 0.05) is 36.5 Å². The first-order valence-electron chi connectivity index (χ1n) is 12.0. The first-order valence-corrected chi connectivity index (χ1v) is 12.0. The van der Waals surface area contributed by atoms with Crippen LogP contribution < -0.4 is 10.2 Å². The second-order valence-corrected chi connectivity index (χ2v) is 9.67. The number of carbonyl (C=O) groups excluding carboxylic acids is 2. The molecule has 0 aromatic carbocycles. The molecule has 2 atom stereocenters. The molecule has 0 radical (unpaired) electrons. The highest BCUT2D eigenvalue weighted by atomic mass is 16.6. The van der Waals surface area contributed by atoms with E-state index in [0.29, 0.717) is 31.0 Å². The van der Waals surface area contributed by atoms with E-state index in [2.05, 4.69) is 15.4 Å². The average Bonchev–Trinajstić information content (AvgIpc) is 3.08. The van der Waals surface area contributed by atoms with Crippen molar-refractivity contribution in [2.45, 2.75) is 91.6 Å². The van der Waals surface area contributed by atoms with Gasteiger partial charge in [0.25, 0.3) is 0 Å². The molecule has 1 fully saturated rings. The van der Waals surface area contributed by atoms with E-state index in [0.717, 1.165) is 30.5 Å². The number of aromatic nitrogens is 3. The second kappa shape index (κ2) is 11.1. The molecule has 1 aliphatic heterocycles. The summed E-state index contributed by atoms with van der Waals surface area (Å²) in [5, 5.41) is 7.95. The molecule has 3 rings (SSSR count). The lowest BCUT2D eigenvalue weighted by Crippen LogP contribution is -2.52. The fourth-order valence-corrected chi connectivity index (χ4v) is 3.80. The molecule has 2 aromatic heterocycles. The standard InChI is InChI=1S/C25H37N5O4/c1-7-8-11-23(31)29(21-10-9-14-33-18(3)27-21)22-15-20(19-13-12-17(2)26-16-19)28-30(22)24(32)34-25(4,5)6/h12-13,15-16,18,21,27H,7-11,14H2,1-6H3. The predicted molar refractivity (Wildman–Crippen MR) is 130 cm³/mol. The first kappa shape index (κ1) is 25.8. The minimum atomic E-state index is -0.716. The largest absolute Gasteiger partial charge is 0.442 e. The Labute approximate surface area is 201 Å². The van der Waals surface area contributed by atoms with Crippen LogP contribution in [0.15, 0.2) is 24.4 Å². The van der Waals surface area contributed by atoms with Crippen LogP contribution in [0, 0.1) is 6.92 Å². The van der Waals surface area contributed by atoms with E-state index in [-0.39, 0.29) is 18.3 Å². The van der Waals surface area contributed by atoms with Gasteiger partial charge in [-0.2, -0.15) is 5.10 Å². The van der Waals surface area contributed by atoms with E-state index in [1.807, 2.05) is 32.9 Å². The Hall–Kier alpha value is -2.78. The topological polar surface area (TPSA) is 98.6 Å². The first-order chi connectivity index (χ1) is 16.1. The Balaban J connectivity index is 2.11. The molecular formula is C25H37N5O4. The van der Waals surface area contributed by atoms with Crippen molar-refractivity contribution in [3.05, 3.63) is 30.1 Å². The smallest absolute Gasteiger partial charge is 0.437 e. The van der Waals surface area contributed by atoms with Crippen molar-refractivity contribution in [2.75, 3.05) is 11.5 Å². The van der Waals surface area contributed by atoms with Crippen molar-refractivity contribution in [1.82, 2.24) is 20.1 Å². The monoisotopic (exact) mass is 471 g/mol. The fraction of sp³-hybridized carbons (Fsp3) is 0.600. The molecule has 1 saturated heterocycles. The van der Waals surface area contributed by atoms with E-state index >= 15 is 0 Å². The molecule has 2 unspecified atom stereocenters. The number of ether oxygens (including phenoxy) is 2. The summed E-state index contributed by atoms with van der Waals surface area (Å²) in [4.78, 5) is 32.7. The van der Waals surface area contributed by atoms with Gasteiger partial charge in [0.2, 0.25) is 5.91 Å². The molecule has 0 bridgehead atoms. The Morgan fingerprint density at radius 2 is 2.09 bits per heavy atom. The number of pyridine rings is 1. The molecule has 9 nitrogen and oxygen atoms in total. The number of aryl methyl sites for hydroxylation is 1. The highest BCUT2D eigenvalue weighted by molar-refractivity contribution is 5.95. The predicted octanol–water partition coefficient (Wildman–Crippen LogP) is 4.63. The van der Waals surface area contributed by atoms with E-state index in [4.69, 9.17) is 9.47 Å². The van der Waals surface area contributed by atoms with Gasteiger partial charge in [0.15, 0.2) is 0 Å². The van der Waals surface area contributed by atoms with Crippen LogP contribution in [-0.4, -0.2) is 51.4 Å². The molecular weight excluding hydrogens is 434 g/mol. The van der Waals surface area contributed by atoms with Crippen LogP contribution in [0.3, 0.4) is 0 Å². The van der Waals surface area contributed by atoms with Gasteiger partial charge < -0.3 is 9.47 Å². The third-order valence-corrected chi connectivity index (χ3v) is 5.45. The zero-order chi connectivity index (χ0) is 24.9. The van der Waals surface area contributed by atoms with Crippen LogP contribution in [0.5, 0.6) is 0 Å². The summed E-state index contributed by atoms with van der Waals surface area (Å²) in [6, 6.07) is 5.55. The van der Waals surface area contributed by atoms with E-state index in [1.54, 1.807) is 37.9 Å². The van der Waals surface area contributed by atoms with Gasteiger partial charge in [-0.1, -0.05) is 13.3 Å². The van der Waals surface area contributed by atoms with Gasteiger partial charge in [-0.25, -0.2) is 4.79 Å². The van der Waals surface area contributed by atoms with Crippen LogP contribution in [0.1, 0.15) is 72.4 Å². The number of hydrogen-bond donors (Lipinski definition) is 1. The Bertz CT molecular complexity index is 980. The van der Waals surface area contributed by atoms with Gasteiger partial charge in [0.05, 0.1) is 11.9 Å². The highest BCUT2D eigenvalue weighted by Crippen LogP contribution is 2.29. The second-order valence-electron chi connectivity index (χ2n) is 9.67. The Morgan fingerprint density at radius 3 is 2.74 bits per heavy atom. The van der Waals surface area contributed by atoms with Gasteiger partial charge in [-0.3, -0.25) is 20.0 Å². The maximum Gasteiger partial charge on any atom is 0.437 e. The number of hydrogen-bond acceptors (Lipinski definition) is 7. The fourth-order valence-electron chi connectivity index (χ4n) is 3.80. The number of nitrogens with zero attached hydrogens (tertiary/aromatic N) is 4. The number of amides is 1. The molecule has 9 heteroatoms. The molecule has 1 amide bonds. The van der Waals surface area contributed by atoms with Crippen molar-refractivity contribution in [2.24, 2.45) is 0 Å². The summed E-state index contributed by atoms with van der Waals surface area (Å²) in [5.41, 5.74) is 1.45. The third-order valence-electron chi connectivity index (χ3n) is 5.45. The number of nitrogens with one attached hydrogen (secondary N) is 1. The number of unbranched alkanes of at least 4 members (excludes halogenated alkanes) is 1. The van der Waals surface area contributed by atoms with Gasteiger partial charge >= 0.3 is 6.09 Å². The maximum absolute atomic E-state index is 13.5. The lowest BCUT2D eigenvalue weighted by molar-refractivity contribution is -0.119. The minimum Gasteiger partial charge on any atom is -0.442 e. The molecule has 3 heterocycles. The van der Waals surface area contributed by atoms with E-state index in [1.165, 1.54) is 4.68 Å². The summed E-state index contributed by atoms with van der Waals surface area (Å²) in [6.45, 7) is 11.9. The van der Waals surface area contributed by atoms with Crippen LogP contribution in [0.4, 0.5) is 10.6 Å². The van der Waals surface area contributed by atoms with Crippen molar-refractivity contribution < 1.29 is 19.1 Å². The van der Waals surface area contributed by atoms with Crippen molar-refractivity contribution in [1.29, 1.82) is 0 Å². The van der Waals surface area contributed by atoms with E-state index < -0.39 is 11.7 Å². The minimum absolute atomic E-state index is 0.0771. The lowest BCUT2D eigenvalue weighted by atomic mass is 10.1. The van der Waals surface area contributed by atoms with Crippen molar-refractivity contribution in [3.63, 3.8) is 0 Å². The number of carbonyl (C=O) groups is 2. The summed E-state index contributed by atoms with van der Waals surface area (Å²) >= 11 is 0. The average molecular weight is 472 g/mol. The zero-order valence-corrected chi connectivity index (χ0v) is 21.1. The van der Waals surface area contributed by atoms with Crippen LogP contribution in [0.2, 0.25) is 0 Å². The quantitative estimate of drug-likeness (QED) is 0.656.